The topological polar surface area (TPSA) is 15.3 Å². The second-order valence-electron chi connectivity index (χ2n) is 6.42. The van der Waals surface area contributed by atoms with E-state index in [0.717, 1.165) is 13.1 Å². The zero-order valence-electron chi connectivity index (χ0n) is 13.7. The van der Waals surface area contributed by atoms with E-state index < -0.39 is 0 Å². The number of hydrogen-bond donors (Lipinski definition) is 1. The molecule has 20 heavy (non-hydrogen) atoms. The SMILES string of the molecule is CCC1(CC)CN(C(C)c2ccccc2C)C(C)CN1. The lowest BCUT2D eigenvalue weighted by Gasteiger charge is -2.49. The van der Waals surface area contributed by atoms with Gasteiger partial charge in [-0.15, -0.1) is 0 Å². The van der Waals surface area contributed by atoms with Crippen molar-refractivity contribution in [1.82, 2.24) is 10.2 Å². The van der Waals surface area contributed by atoms with E-state index in [1.54, 1.807) is 0 Å². The van der Waals surface area contributed by atoms with E-state index in [0.29, 0.717) is 17.6 Å². The summed E-state index contributed by atoms with van der Waals surface area (Å²) in [6, 6.07) is 9.90. The lowest BCUT2D eigenvalue weighted by molar-refractivity contribution is 0.0494. The van der Waals surface area contributed by atoms with Crippen LogP contribution < -0.4 is 5.32 Å². The second-order valence-corrected chi connectivity index (χ2v) is 6.42. The molecule has 2 unspecified atom stereocenters. The number of nitrogens with zero attached hydrogens (tertiary/aromatic N) is 1. The molecule has 2 nitrogen and oxygen atoms in total. The van der Waals surface area contributed by atoms with E-state index in [1.807, 2.05) is 0 Å². The molecule has 2 rings (SSSR count). The van der Waals surface area contributed by atoms with E-state index in [-0.39, 0.29) is 0 Å². The van der Waals surface area contributed by atoms with Crippen LogP contribution >= 0.6 is 0 Å². The zero-order chi connectivity index (χ0) is 14.8. The van der Waals surface area contributed by atoms with Crippen LogP contribution in [-0.2, 0) is 0 Å². The average Bonchev–Trinajstić information content (AvgIpc) is 2.48. The maximum atomic E-state index is 3.79. The van der Waals surface area contributed by atoms with E-state index in [4.69, 9.17) is 0 Å². The van der Waals surface area contributed by atoms with Crippen LogP contribution in [0.2, 0.25) is 0 Å². The van der Waals surface area contributed by atoms with Crippen LogP contribution in [0.4, 0.5) is 0 Å². The van der Waals surface area contributed by atoms with E-state index in [9.17, 15) is 0 Å². The Kier molecular flexibility index (Phi) is 4.87. The maximum Gasteiger partial charge on any atom is 0.0326 e. The molecule has 0 amide bonds. The van der Waals surface area contributed by atoms with E-state index in [1.165, 1.54) is 24.0 Å². The molecule has 0 spiro atoms. The molecular formula is C18H30N2. The summed E-state index contributed by atoms with van der Waals surface area (Å²) < 4.78 is 0. The Morgan fingerprint density at radius 1 is 1.30 bits per heavy atom. The summed E-state index contributed by atoms with van der Waals surface area (Å²) in [5, 5.41) is 3.79. The Morgan fingerprint density at radius 2 is 1.95 bits per heavy atom. The average molecular weight is 274 g/mol. The number of aryl methyl sites for hydroxylation is 1. The zero-order valence-corrected chi connectivity index (χ0v) is 13.7. The van der Waals surface area contributed by atoms with Gasteiger partial charge in [-0.1, -0.05) is 38.1 Å². The Labute approximate surface area is 124 Å². The molecule has 1 aromatic rings. The van der Waals surface area contributed by atoms with Crippen molar-refractivity contribution < 1.29 is 0 Å². The van der Waals surface area contributed by atoms with Gasteiger partial charge in [0, 0.05) is 30.7 Å². The molecule has 1 aliphatic heterocycles. The second kappa shape index (κ2) is 6.28. The Morgan fingerprint density at radius 3 is 2.55 bits per heavy atom. The van der Waals surface area contributed by atoms with Crippen molar-refractivity contribution in [3.8, 4) is 0 Å². The highest BCUT2D eigenvalue weighted by Gasteiger charge is 2.37. The predicted molar refractivity (Wildman–Crippen MR) is 87.1 cm³/mol. The molecule has 1 saturated heterocycles. The molecule has 0 saturated carbocycles. The lowest BCUT2D eigenvalue weighted by atomic mass is 9.87. The van der Waals surface area contributed by atoms with Crippen molar-refractivity contribution in [2.45, 2.75) is 65.1 Å². The van der Waals surface area contributed by atoms with Crippen LogP contribution in [0.1, 0.15) is 57.7 Å². The highest BCUT2D eigenvalue weighted by Crippen LogP contribution is 2.31. The molecule has 1 aliphatic rings. The fourth-order valence-corrected chi connectivity index (χ4v) is 3.52. The highest BCUT2D eigenvalue weighted by atomic mass is 15.3. The lowest BCUT2D eigenvalue weighted by Crippen LogP contribution is -2.63. The van der Waals surface area contributed by atoms with Gasteiger partial charge in [0.2, 0.25) is 0 Å². The van der Waals surface area contributed by atoms with Gasteiger partial charge in [-0.3, -0.25) is 4.90 Å². The van der Waals surface area contributed by atoms with E-state index >= 15 is 0 Å². The van der Waals surface area contributed by atoms with Crippen molar-refractivity contribution in [1.29, 1.82) is 0 Å². The molecule has 2 atom stereocenters. The first kappa shape index (κ1) is 15.5. The van der Waals surface area contributed by atoms with Crippen LogP contribution in [-0.4, -0.2) is 29.6 Å². The van der Waals surface area contributed by atoms with Gasteiger partial charge in [0.05, 0.1) is 0 Å². The van der Waals surface area contributed by atoms with Crippen LogP contribution in [0.3, 0.4) is 0 Å². The van der Waals surface area contributed by atoms with Crippen molar-refractivity contribution >= 4 is 0 Å². The quantitative estimate of drug-likeness (QED) is 0.895. The van der Waals surface area contributed by atoms with Gasteiger partial charge >= 0.3 is 0 Å². The summed E-state index contributed by atoms with van der Waals surface area (Å²) in [6.07, 6.45) is 2.40. The normalized spacial score (nSPS) is 24.6. The third-order valence-electron chi connectivity index (χ3n) is 5.31. The first-order valence-electron chi connectivity index (χ1n) is 8.09. The standard InChI is InChI=1S/C18H30N2/c1-6-18(7-2)13-20(15(4)12-19-18)16(5)17-11-9-8-10-14(17)3/h8-11,15-16,19H,6-7,12-13H2,1-5H3. The molecule has 0 aromatic heterocycles. The molecule has 1 aromatic carbocycles. The van der Waals surface area contributed by atoms with Gasteiger partial charge in [0.1, 0.15) is 0 Å². The molecule has 0 aliphatic carbocycles. The van der Waals surface area contributed by atoms with Crippen LogP contribution in [0.25, 0.3) is 0 Å². The molecular weight excluding hydrogens is 244 g/mol. The van der Waals surface area contributed by atoms with Crippen LogP contribution in [0.5, 0.6) is 0 Å². The Balaban J connectivity index is 2.23. The van der Waals surface area contributed by atoms with Gasteiger partial charge in [-0.25, -0.2) is 0 Å². The Hall–Kier alpha value is -0.860. The fourth-order valence-electron chi connectivity index (χ4n) is 3.52. The monoisotopic (exact) mass is 274 g/mol. The van der Waals surface area contributed by atoms with Gasteiger partial charge < -0.3 is 5.32 Å². The minimum Gasteiger partial charge on any atom is -0.308 e. The van der Waals surface area contributed by atoms with Gasteiger partial charge in [-0.2, -0.15) is 0 Å². The summed E-state index contributed by atoms with van der Waals surface area (Å²) >= 11 is 0. The number of nitrogens with one attached hydrogen (secondary N) is 1. The smallest absolute Gasteiger partial charge is 0.0326 e. The number of rotatable bonds is 4. The molecule has 1 N–H and O–H groups in total. The minimum absolute atomic E-state index is 0.295. The number of benzene rings is 1. The molecule has 2 heteroatoms. The highest BCUT2D eigenvalue weighted by molar-refractivity contribution is 5.28. The summed E-state index contributed by atoms with van der Waals surface area (Å²) in [7, 11) is 0. The molecule has 1 fully saturated rings. The third kappa shape index (κ3) is 2.91. The maximum absolute atomic E-state index is 3.79. The first-order valence-corrected chi connectivity index (χ1v) is 8.09. The van der Waals surface area contributed by atoms with Crippen molar-refractivity contribution in [2.75, 3.05) is 13.1 Å². The van der Waals surface area contributed by atoms with Gasteiger partial charge in [0.25, 0.3) is 0 Å². The largest absolute Gasteiger partial charge is 0.308 e. The minimum atomic E-state index is 0.295. The van der Waals surface area contributed by atoms with Crippen molar-refractivity contribution in [2.24, 2.45) is 0 Å². The predicted octanol–water partition coefficient (Wildman–Crippen LogP) is 3.91. The van der Waals surface area contributed by atoms with E-state index in [2.05, 4.69) is 69.1 Å². The summed E-state index contributed by atoms with van der Waals surface area (Å²) in [4.78, 5) is 2.69. The third-order valence-corrected chi connectivity index (χ3v) is 5.31. The molecule has 112 valence electrons. The van der Waals surface area contributed by atoms with Crippen molar-refractivity contribution in [3.63, 3.8) is 0 Å². The number of piperazine rings is 1. The first-order chi connectivity index (χ1) is 9.53. The fraction of sp³-hybridized carbons (Fsp3) is 0.667. The van der Waals surface area contributed by atoms with Gasteiger partial charge in [0.15, 0.2) is 0 Å². The van der Waals surface area contributed by atoms with Crippen LogP contribution in [0.15, 0.2) is 24.3 Å². The molecule has 1 heterocycles. The summed E-state index contributed by atoms with van der Waals surface area (Å²) in [6.45, 7) is 13.8. The van der Waals surface area contributed by atoms with Crippen molar-refractivity contribution in [3.05, 3.63) is 35.4 Å². The van der Waals surface area contributed by atoms with Gasteiger partial charge in [-0.05, 0) is 44.7 Å². The summed E-state index contributed by atoms with van der Waals surface area (Å²) in [5.41, 5.74) is 3.18. The number of hydrogen-bond acceptors (Lipinski definition) is 2. The van der Waals surface area contributed by atoms with Crippen LogP contribution in [0, 0.1) is 6.92 Å². The molecule has 0 bridgehead atoms. The Bertz CT molecular complexity index is 437. The summed E-state index contributed by atoms with van der Waals surface area (Å²) in [5.74, 6) is 0. The molecule has 0 radical (unpaired) electrons.